The summed E-state index contributed by atoms with van der Waals surface area (Å²) in [6.45, 7) is 1.37. The number of nitrogens with one attached hydrogen (secondary N) is 1. The second-order valence-electron chi connectivity index (χ2n) is 10.2. The number of nitrogens with zero attached hydrogens (tertiary/aromatic N) is 2. The summed E-state index contributed by atoms with van der Waals surface area (Å²) in [5, 5.41) is 3.66. The van der Waals surface area contributed by atoms with Crippen molar-refractivity contribution in [2.45, 2.75) is 69.0 Å². The summed E-state index contributed by atoms with van der Waals surface area (Å²) in [6, 6.07) is 18.9. The summed E-state index contributed by atoms with van der Waals surface area (Å²) in [7, 11) is -4.25. The van der Waals surface area contributed by atoms with Crippen molar-refractivity contribution >= 4 is 39.1 Å². The molecule has 3 aromatic rings. The van der Waals surface area contributed by atoms with Gasteiger partial charge in [-0.15, -0.1) is 0 Å². The molecule has 1 aliphatic carbocycles. The number of anilines is 1. The first-order chi connectivity index (χ1) is 19.7. The molecule has 0 aliphatic heterocycles. The molecule has 3 aromatic carbocycles. The third-order valence-electron chi connectivity index (χ3n) is 7.33. The minimum atomic E-state index is -4.25. The van der Waals surface area contributed by atoms with Crippen molar-refractivity contribution in [1.82, 2.24) is 10.2 Å². The standard InChI is InChI=1S/C31H35ClFN3O4S/c1-2-29(31(38)34-26-9-5-3-6-10-26)35(21-23-13-15-24(32)16-14-23)30(37)22-36(27-11-7-4-8-12-27)41(39,40)28-19-17-25(33)18-20-28/h4,7-8,11-20,26,29H,2-3,5-6,9-10,21-22H2,1H3,(H,34,38)/t29-/m1/s1. The molecule has 0 spiro atoms. The maximum atomic E-state index is 14.1. The van der Waals surface area contributed by atoms with Crippen LogP contribution in [0, 0.1) is 5.82 Å². The molecule has 1 fully saturated rings. The van der Waals surface area contributed by atoms with Crippen molar-refractivity contribution in [3.63, 3.8) is 0 Å². The molecule has 2 amide bonds. The van der Waals surface area contributed by atoms with Gasteiger partial charge in [-0.3, -0.25) is 13.9 Å². The van der Waals surface area contributed by atoms with Crippen LogP contribution in [-0.4, -0.2) is 43.8 Å². The van der Waals surface area contributed by atoms with E-state index >= 15 is 0 Å². The molecule has 0 saturated heterocycles. The van der Waals surface area contributed by atoms with Gasteiger partial charge >= 0.3 is 0 Å². The number of sulfonamides is 1. The zero-order valence-corrected chi connectivity index (χ0v) is 24.6. The van der Waals surface area contributed by atoms with Crippen LogP contribution in [0.25, 0.3) is 0 Å². The molecule has 0 radical (unpaired) electrons. The lowest BCUT2D eigenvalue weighted by Gasteiger charge is -2.34. The van der Waals surface area contributed by atoms with E-state index in [0.717, 1.165) is 54.1 Å². The van der Waals surface area contributed by atoms with Crippen LogP contribution < -0.4 is 9.62 Å². The Labute approximate surface area is 246 Å². The van der Waals surface area contributed by atoms with E-state index in [2.05, 4.69) is 5.32 Å². The van der Waals surface area contributed by atoms with Gasteiger partial charge in [-0.25, -0.2) is 12.8 Å². The number of para-hydroxylation sites is 1. The van der Waals surface area contributed by atoms with Gasteiger partial charge in [0.05, 0.1) is 10.6 Å². The van der Waals surface area contributed by atoms with Gasteiger partial charge in [0.2, 0.25) is 11.8 Å². The molecule has 1 N–H and O–H groups in total. The van der Waals surface area contributed by atoms with Gasteiger partial charge in [0.25, 0.3) is 10.0 Å². The Morgan fingerprint density at radius 2 is 1.59 bits per heavy atom. The number of benzene rings is 3. The highest BCUT2D eigenvalue weighted by Crippen LogP contribution is 2.25. The number of carbonyl (C=O) groups is 2. The number of hydrogen-bond acceptors (Lipinski definition) is 4. The first-order valence-electron chi connectivity index (χ1n) is 13.9. The fourth-order valence-corrected chi connectivity index (χ4v) is 6.65. The van der Waals surface area contributed by atoms with E-state index in [4.69, 9.17) is 11.6 Å². The first-order valence-corrected chi connectivity index (χ1v) is 15.7. The van der Waals surface area contributed by atoms with E-state index in [1.807, 2.05) is 6.92 Å². The Morgan fingerprint density at radius 3 is 2.20 bits per heavy atom. The van der Waals surface area contributed by atoms with E-state index < -0.39 is 34.3 Å². The quantitative estimate of drug-likeness (QED) is 0.296. The fraction of sp³-hybridized carbons (Fsp3) is 0.355. The first kappa shape index (κ1) is 30.5. The predicted octanol–water partition coefficient (Wildman–Crippen LogP) is 5.93. The second kappa shape index (κ2) is 14.0. The third-order valence-corrected chi connectivity index (χ3v) is 9.37. The maximum Gasteiger partial charge on any atom is 0.264 e. The number of carbonyl (C=O) groups excluding carboxylic acids is 2. The Balaban J connectivity index is 1.68. The molecule has 10 heteroatoms. The maximum absolute atomic E-state index is 14.1. The van der Waals surface area contributed by atoms with E-state index in [-0.39, 0.29) is 29.1 Å². The summed E-state index contributed by atoms with van der Waals surface area (Å²) in [4.78, 5) is 28.9. The normalized spacial score (nSPS) is 14.7. The van der Waals surface area contributed by atoms with Crippen LogP contribution in [0.3, 0.4) is 0 Å². The number of rotatable bonds is 11. The summed E-state index contributed by atoms with van der Waals surface area (Å²) in [5.41, 5.74) is 1.02. The topological polar surface area (TPSA) is 86.8 Å². The summed E-state index contributed by atoms with van der Waals surface area (Å²) in [6.07, 6.45) is 5.36. The summed E-state index contributed by atoms with van der Waals surface area (Å²) < 4.78 is 42.2. The highest BCUT2D eigenvalue weighted by molar-refractivity contribution is 7.92. The van der Waals surface area contributed by atoms with E-state index in [1.165, 1.54) is 17.0 Å². The van der Waals surface area contributed by atoms with Gasteiger partial charge in [0.1, 0.15) is 18.4 Å². The summed E-state index contributed by atoms with van der Waals surface area (Å²) in [5.74, 6) is -1.37. The zero-order valence-electron chi connectivity index (χ0n) is 23.0. The number of amides is 2. The van der Waals surface area contributed by atoms with Gasteiger partial charge in [-0.2, -0.15) is 0 Å². The Morgan fingerprint density at radius 1 is 0.951 bits per heavy atom. The molecule has 1 atom stereocenters. The van der Waals surface area contributed by atoms with E-state index in [9.17, 15) is 22.4 Å². The lowest BCUT2D eigenvalue weighted by atomic mass is 9.95. The highest BCUT2D eigenvalue weighted by Gasteiger charge is 2.34. The highest BCUT2D eigenvalue weighted by atomic mass is 35.5. The molecule has 0 aromatic heterocycles. The van der Waals surface area contributed by atoms with Crippen LogP contribution in [0.5, 0.6) is 0 Å². The van der Waals surface area contributed by atoms with E-state index in [0.29, 0.717) is 11.4 Å². The minimum Gasteiger partial charge on any atom is -0.352 e. The molecule has 4 rings (SSSR count). The predicted molar refractivity (Wildman–Crippen MR) is 158 cm³/mol. The number of hydrogen-bond donors (Lipinski definition) is 1. The molecule has 0 bridgehead atoms. The van der Waals surface area contributed by atoms with Crippen molar-refractivity contribution in [3.8, 4) is 0 Å². The average molecular weight is 600 g/mol. The smallest absolute Gasteiger partial charge is 0.264 e. The molecule has 1 aliphatic rings. The van der Waals surface area contributed by atoms with Crippen molar-refractivity contribution in [1.29, 1.82) is 0 Å². The van der Waals surface area contributed by atoms with Crippen molar-refractivity contribution in [3.05, 3.63) is 95.3 Å². The Bertz CT molecular complexity index is 1410. The molecule has 41 heavy (non-hydrogen) atoms. The van der Waals surface area contributed by atoms with Crippen LogP contribution in [0.2, 0.25) is 5.02 Å². The zero-order chi connectivity index (χ0) is 29.4. The Kier molecular flexibility index (Phi) is 10.4. The Hall–Kier alpha value is -3.43. The van der Waals surface area contributed by atoms with Crippen LogP contribution >= 0.6 is 11.6 Å². The van der Waals surface area contributed by atoms with Crippen molar-refractivity contribution < 1.29 is 22.4 Å². The molecule has 218 valence electrons. The van der Waals surface area contributed by atoms with Crippen molar-refractivity contribution in [2.24, 2.45) is 0 Å². The largest absolute Gasteiger partial charge is 0.352 e. The minimum absolute atomic E-state index is 0.0532. The summed E-state index contributed by atoms with van der Waals surface area (Å²) >= 11 is 6.07. The molecular formula is C31H35ClFN3O4S. The van der Waals surface area contributed by atoms with Crippen LogP contribution in [0.1, 0.15) is 51.0 Å². The van der Waals surface area contributed by atoms with Crippen LogP contribution in [0.15, 0.2) is 83.8 Å². The average Bonchev–Trinajstić information content (AvgIpc) is 2.98. The lowest BCUT2D eigenvalue weighted by molar-refractivity contribution is -0.140. The second-order valence-corrected chi connectivity index (χ2v) is 12.5. The van der Waals surface area contributed by atoms with E-state index in [1.54, 1.807) is 54.6 Å². The molecule has 0 unspecified atom stereocenters. The fourth-order valence-electron chi connectivity index (χ4n) is 5.11. The molecular weight excluding hydrogens is 565 g/mol. The lowest BCUT2D eigenvalue weighted by Crippen LogP contribution is -2.54. The SMILES string of the molecule is CC[C@H](C(=O)NC1CCCCC1)N(Cc1ccc(Cl)cc1)C(=O)CN(c1ccccc1)S(=O)(=O)c1ccc(F)cc1. The van der Waals surface area contributed by atoms with Gasteiger partial charge in [-0.1, -0.05) is 68.1 Å². The van der Waals surface area contributed by atoms with Crippen LogP contribution in [-0.2, 0) is 26.2 Å². The van der Waals surface area contributed by atoms with Crippen molar-refractivity contribution in [2.75, 3.05) is 10.8 Å². The van der Waals surface area contributed by atoms with Gasteiger partial charge in [0, 0.05) is 17.6 Å². The monoisotopic (exact) mass is 599 g/mol. The van der Waals surface area contributed by atoms with Gasteiger partial charge in [-0.05, 0) is 73.4 Å². The van der Waals surface area contributed by atoms with Gasteiger partial charge < -0.3 is 10.2 Å². The number of halogens is 2. The third kappa shape index (κ3) is 7.86. The molecule has 7 nitrogen and oxygen atoms in total. The van der Waals surface area contributed by atoms with Gasteiger partial charge in [0.15, 0.2) is 0 Å². The van der Waals surface area contributed by atoms with Crippen LogP contribution in [0.4, 0.5) is 10.1 Å². The molecule has 1 saturated carbocycles. The molecule has 0 heterocycles.